The number of esters is 1. The zero-order chi connectivity index (χ0) is 33.0. The van der Waals surface area contributed by atoms with Gasteiger partial charge in [0.25, 0.3) is 0 Å². The van der Waals surface area contributed by atoms with Crippen molar-refractivity contribution in [3.63, 3.8) is 0 Å². The molecule has 0 aromatic carbocycles. The van der Waals surface area contributed by atoms with Gasteiger partial charge in [0, 0.05) is 19.5 Å². The van der Waals surface area contributed by atoms with Gasteiger partial charge in [0.1, 0.15) is 25.6 Å². The third kappa shape index (κ3) is 10.8. The summed E-state index contributed by atoms with van der Waals surface area (Å²) in [5.74, 6) is -5.58. The van der Waals surface area contributed by atoms with Gasteiger partial charge in [-0.2, -0.15) is 0 Å². The van der Waals surface area contributed by atoms with E-state index in [0.717, 1.165) is 0 Å². The molecule has 3 atom stereocenters. The number of ketones is 1. The van der Waals surface area contributed by atoms with Gasteiger partial charge in [-0.05, 0) is 25.1 Å². The molecule has 240 valence electrons. The van der Waals surface area contributed by atoms with Gasteiger partial charge in [-0.15, -0.1) is 0 Å². The number of alkyl carbamates (subject to hydrolysis) is 2. The van der Waals surface area contributed by atoms with E-state index in [1.165, 1.54) is 18.2 Å². The van der Waals surface area contributed by atoms with Crippen molar-refractivity contribution < 1.29 is 47.4 Å². The molecule has 0 bridgehead atoms. The molecule has 0 aliphatic carbocycles. The predicted molar refractivity (Wildman–Crippen MR) is 160 cm³/mol. The van der Waals surface area contributed by atoms with Crippen molar-refractivity contribution in [3.8, 4) is 0 Å². The van der Waals surface area contributed by atoms with Gasteiger partial charge in [-0.3, -0.25) is 19.3 Å². The summed E-state index contributed by atoms with van der Waals surface area (Å²) in [6, 6.07) is -1.04. The van der Waals surface area contributed by atoms with E-state index in [4.69, 9.17) is 18.6 Å². The first-order valence-electron chi connectivity index (χ1n) is 13.9. The number of likely N-dealkylation sites (tertiary alicyclic amines) is 1. The largest absolute Gasteiger partial charge is 0.454 e. The molecule has 0 aromatic heterocycles. The molecular weight excluding hydrogens is 578 g/mol. The number of nitrogens with zero attached hydrogens (tertiary/aromatic N) is 1. The molecule has 2 N–H and O–H groups in total. The Kier molecular flexibility index (Phi) is 14.5. The van der Waals surface area contributed by atoms with Gasteiger partial charge < -0.3 is 29.3 Å². The zero-order valence-corrected chi connectivity index (χ0v) is 26.9. The smallest absolute Gasteiger partial charge is 0.407 e. The first-order valence-corrected chi connectivity index (χ1v) is 16.8. The topological polar surface area (TPSA) is 167 Å². The lowest BCUT2D eigenvalue weighted by Crippen LogP contribution is -2.69. The van der Waals surface area contributed by atoms with Crippen LogP contribution in [0.2, 0.25) is 18.1 Å². The fourth-order valence-electron chi connectivity index (χ4n) is 4.02. The van der Waals surface area contributed by atoms with Crippen LogP contribution in [0.4, 0.5) is 9.59 Å². The van der Waals surface area contributed by atoms with Gasteiger partial charge in [-0.25, -0.2) is 14.4 Å². The fraction of sp³-hybridized carbons (Fsp3) is 0.586. The minimum Gasteiger partial charge on any atom is -0.454 e. The van der Waals surface area contributed by atoms with Gasteiger partial charge in [0.15, 0.2) is 8.32 Å². The predicted octanol–water partition coefficient (Wildman–Crippen LogP) is 2.88. The van der Waals surface area contributed by atoms with Gasteiger partial charge in [0.2, 0.25) is 5.91 Å². The molecule has 1 rings (SSSR count). The van der Waals surface area contributed by atoms with Crippen molar-refractivity contribution in [3.05, 3.63) is 38.0 Å². The summed E-state index contributed by atoms with van der Waals surface area (Å²) in [5, 5.41) is 4.72. The number of amides is 4. The van der Waals surface area contributed by atoms with Gasteiger partial charge >= 0.3 is 24.1 Å². The third-order valence-corrected chi connectivity index (χ3v) is 11.9. The van der Waals surface area contributed by atoms with Crippen molar-refractivity contribution in [2.75, 3.05) is 32.9 Å². The second kappa shape index (κ2) is 16.7. The minimum absolute atomic E-state index is 0.0619. The van der Waals surface area contributed by atoms with E-state index in [1.807, 2.05) is 33.9 Å². The summed E-state index contributed by atoms with van der Waals surface area (Å²) in [5.41, 5.74) is 0. The first-order chi connectivity index (χ1) is 20.0. The fourth-order valence-corrected chi connectivity index (χ4v) is 5.45. The Hall–Kier alpha value is -3.78. The molecule has 1 aliphatic rings. The maximum atomic E-state index is 13.6. The van der Waals surface area contributed by atoms with Crippen molar-refractivity contribution in [1.29, 1.82) is 0 Å². The maximum absolute atomic E-state index is 13.6. The highest BCUT2D eigenvalue weighted by atomic mass is 28.4. The summed E-state index contributed by atoms with van der Waals surface area (Å²) < 4.78 is 21.0. The van der Waals surface area contributed by atoms with Gasteiger partial charge in [0.05, 0.1) is 24.0 Å². The molecule has 4 amide bonds. The van der Waals surface area contributed by atoms with E-state index in [2.05, 4.69) is 30.4 Å². The summed E-state index contributed by atoms with van der Waals surface area (Å²) in [4.78, 5) is 76.9. The Balaban J connectivity index is 3.27. The normalized spacial score (nSPS) is 17.2. The molecule has 0 radical (unpaired) electrons. The zero-order valence-electron chi connectivity index (χ0n) is 25.9. The second-order valence-corrected chi connectivity index (χ2v) is 16.2. The molecule has 13 nitrogen and oxygen atoms in total. The number of Topliss-reactive ketones (excluding diaryl/α,β-unsaturated/α-hetero) is 1. The second-order valence-electron chi connectivity index (χ2n) is 11.5. The standard InChI is InChI=1S/C29H45N3O10Si/c1-10-13-39-26(36)25(35)32-21(23(24(32)34)19(4)42-43(8,9)29(5,6)7)16-22(33)20(17-30-27(37)40-14-11-2)18-31-28(38)41-15-12-3/h10-12,19-21,23H,1-3,13-18H2,4-9H3,(H,30,37)(H,31,38)/t19-,21-,23-/m1/s1. The Bertz CT molecular complexity index is 1060. The lowest BCUT2D eigenvalue weighted by molar-refractivity contribution is -0.180. The molecule has 0 aromatic rings. The Morgan fingerprint density at radius 2 is 1.37 bits per heavy atom. The Morgan fingerprint density at radius 3 is 1.81 bits per heavy atom. The number of carbonyl (C=O) groups excluding carboxylic acids is 6. The quantitative estimate of drug-likeness (QED) is 0.0652. The molecule has 0 unspecified atom stereocenters. The van der Waals surface area contributed by atoms with E-state index < -0.39 is 68.1 Å². The van der Waals surface area contributed by atoms with Crippen LogP contribution in [0.3, 0.4) is 0 Å². The van der Waals surface area contributed by atoms with E-state index in [1.54, 1.807) is 6.92 Å². The molecule has 0 saturated carbocycles. The summed E-state index contributed by atoms with van der Waals surface area (Å²) in [6.07, 6.45) is 1.31. The summed E-state index contributed by atoms with van der Waals surface area (Å²) >= 11 is 0. The van der Waals surface area contributed by atoms with Crippen LogP contribution in [0.1, 0.15) is 34.1 Å². The number of hydrogen-bond donors (Lipinski definition) is 2. The number of rotatable bonds is 16. The van der Waals surface area contributed by atoms with Crippen molar-refractivity contribution in [2.45, 2.75) is 64.4 Å². The van der Waals surface area contributed by atoms with E-state index in [-0.39, 0.29) is 44.4 Å². The summed E-state index contributed by atoms with van der Waals surface area (Å²) in [6.45, 7) is 21.3. The highest BCUT2D eigenvalue weighted by Gasteiger charge is 2.56. The lowest BCUT2D eigenvalue weighted by Gasteiger charge is -2.49. The van der Waals surface area contributed by atoms with Crippen LogP contribution < -0.4 is 10.6 Å². The molecule has 1 aliphatic heterocycles. The van der Waals surface area contributed by atoms with Crippen LogP contribution in [0, 0.1) is 11.8 Å². The molecule has 0 spiro atoms. The highest BCUT2D eigenvalue weighted by Crippen LogP contribution is 2.41. The van der Waals surface area contributed by atoms with Crippen LogP contribution in [-0.4, -0.2) is 94.0 Å². The maximum Gasteiger partial charge on any atom is 0.407 e. The van der Waals surface area contributed by atoms with Crippen molar-refractivity contribution >= 4 is 44.1 Å². The van der Waals surface area contributed by atoms with Crippen LogP contribution in [0.15, 0.2) is 38.0 Å². The monoisotopic (exact) mass is 623 g/mol. The summed E-state index contributed by atoms with van der Waals surface area (Å²) in [7, 11) is -2.38. The molecule has 43 heavy (non-hydrogen) atoms. The third-order valence-electron chi connectivity index (χ3n) is 7.30. The minimum atomic E-state index is -2.38. The number of imide groups is 1. The molecular formula is C29H45N3O10Si. The SMILES string of the molecule is C=CCOC(=O)NCC(CNC(=O)OCC=C)C(=O)C[C@@H]1[C@@H]([C@@H](C)O[Si](C)(C)C(C)(C)C)C(=O)N1C(=O)C(=O)OCC=C. The molecule has 1 heterocycles. The van der Waals surface area contributed by atoms with E-state index in [9.17, 15) is 28.8 Å². The molecule has 1 fully saturated rings. The lowest BCUT2D eigenvalue weighted by atomic mass is 9.79. The van der Waals surface area contributed by atoms with Gasteiger partial charge in [-0.1, -0.05) is 58.7 Å². The number of ether oxygens (including phenoxy) is 3. The van der Waals surface area contributed by atoms with Crippen LogP contribution in [0.25, 0.3) is 0 Å². The van der Waals surface area contributed by atoms with Crippen LogP contribution >= 0.6 is 0 Å². The van der Waals surface area contributed by atoms with Crippen molar-refractivity contribution in [2.24, 2.45) is 11.8 Å². The van der Waals surface area contributed by atoms with Crippen LogP contribution in [0.5, 0.6) is 0 Å². The van der Waals surface area contributed by atoms with E-state index in [0.29, 0.717) is 4.90 Å². The average molecular weight is 624 g/mol. The number of nitrogens with one attached hydrogen (secondary N) is 2. The number of β-lactam (4-membered cyclic amide) rings is 1. The van der Waals surface area contributed by atoms with E-state index >= 15 is 0 Å². The molecule has 14 heteroatoms. The van der Waals surface area contributed by atoms with Crippen molar-refractivity contribution in [1.82, 2.24) is 15.5 Å². The Labute approximate surface area is 254 Å². The first kappa shape index (κ1) is 37.2. The average Bonchev–Trinajstić information content (AvgIpc) is 2.92. The number of carbonyl (C=O) groups is 6. The highest BCUT2D eigenvalue weighted by molar-refractivity contribution is 6.74. The molecule has 1 saturated heterocycles. The Morgan fingerprint density at radius 1 is 0.907 bits per heavy atom. The number of hydrogen-bond acceptors (Lipinski definition) is 10. The van der Waals surface area contributed by atoms with Crippen LogP contribution in [-0.2, 0) is 37.8 Å².